The Labute approximate surface area is 160 Å². The summed E-state index contributed by atoms with van der Waals surface area (Å²) in [7, 11) is 2.65. The van der Waals surface area contributed by atoms with Crippen LogP contribution in [0.3, 0.4) is 0 Å². The molecule has 1 heterocycles. The highest BCUT2D eigenvalue weighted by Gasteiger charge is 2.22. The molecule has 0 bridgehead atoms. The molecule has 0 aliphatic heterocycles. The first-order valence-electron chi connectivity index (χ1n) is 8.25. The predicted molar refractivity (Wildman–Crippen MR) is 102 cm³/mol. The van der Waals surface area contributed by atoms with Gasteiger partial charge in [-0.3, -0.25) is 10.1 Å². The van der Waals surface area contributed by atoms with Crippen molar-refractivity contribution in [3.8, 4) is 11.1 Å². The molecule has 10 heteroatoms. The number of methoxy groups -OCH3 is 1. The van der Waals surface area contributed by atoms with Crippen LogP contribution >= 0.6 is 0 Å². The van der Waals surface area contributed by atoms with E-state index < -0.39 is 23.4 Å². The zero-order valence-corrected chi connectivity index (χ0v) is 15.6. The van der Waals surface area contributed by atoms with Crippen molar-refractivity contribution >= 4 is 23.6 Å². The molecule has 1 aromatic heterocycles. The number of ether oxygens (including phenoxy) is 1. The van der Waals surface area contributed by atoms with Crippen LogP contribution in [0.5, 0.6) is 0 Å². The van der Waals surface area contributed by atoms with Gasteiger partial charge in [0.2, 0.25) is 5.96 Å². The van der Waals surface area contributed by atoms with Crippen LogP contribution in [0.2, 0.25) is 0 Å². The standard InChI is InChI=1S/C18H20FN5O4/c1-4-21-18(27)23-17(20)22-12-6-5-11(15(19)14(12)16(26)28-3)10-7-8-24(2)13(25)9-10/h5-9H,4H2,1-3H3,(H4,20,21,22,23,27). The van der Waals surface area contributed by atoms with E-state index in [0.29, 0.717) is 6.54 Å². The van der Waals surface area contributed by atoms with Crippen LogP contribution in [0, 0.1) is 5.82 Å². The van der Waals surface area contributed by atoms with E-state index >= 15 is 4.39 Å². The Bertz CT molecular complexity index is 1000. The summed E-state index contributed by atoms with van der Waals surface area (Å²) in [4.78, 5) is 39.4. The predicted octanol–water partition coefficient (Wildman–Crippen LogP) is 1.24. The van der Waals surface area contributed by atoms with Gasteiger partial charge in [-0.15, -0.1) is 0 Å². The first-order chi connectivity index (χ1) is 13.3. The van der Waals surface area contributed by atoms with Gasteiger partial charge in [-0.2, -0.15) is 0 Å². The van der Waals surface area contributed by atoms with Gasteiger partial charge in [-0.05, 0) is 30.7 Å². The van der Waals surface area contributed by atoms with E-state index in [-0.39, 0.29) is 28.3 Å². The second kappa shape index (κ2) is 8.80. The third kappa shape index (κ3) is 4.53. The van der Waals surface area contributed by atoms with Crippen LogP contribution in [-0.2, 0) is 11.8 Å². The smallest absolute Gasteiger partial charge is 0.343 e. The number of hydrogen-bond donors (Lipinski definition) is 3. The van der Waals surface area contributed by atoms with Gasteiger partial charge in [0.25, 0.3) is 5.56 Å². The number of nitrogens with one attached hydrogen (secondary N) is 2. The number of amides is 2. The summed E-state index contributed by atoms with van der Waals surface area (Å²) in [6.45, 7) is 2.08. The van der Waals surface area contributed by atoms with Gasteiger partial charge in [-0.1, -0.05) is 0 Å². The number of aryl methyl sites for hydroxylation is 1. The van der Waals surface area contributed by atoms with Gasteiger partial charge in [0.15, 0.2) is 0 Å². The number of aliphatic imine (C=N–C) groups is 1. The average Bonchev–Trinajstić information content (AvgIpc) is 2.64. The number of nitrogens with two attached hydrogens (primary N) is 1. The maximum Gasteiger partial charge on any atom is 0.343 e. The Hall–Kier alpha value is -3.69. The Balaban J connectivity index is 2.55. The number of halogens is 1. The van der Waals surface area contributed by atoms with Crippen molar-refractivity contribution < 1.29 is 18.7 Å². The van der Waals surface area contributed by atoms with E-state index in [4.69, 9.17) is 5.73 Å². The van der Waals surface area contributed by atoms with Crippen LogP contribution in [-0.4, -0.2) is 36.2 Å². The molecule has 0 aliphatic carbocycles. The molecule has 0 radical (unpaired) electrons. The zero-order chi connectivity index (χ0) is 20.8. The zero-order valence-electron chi connectivity index (χ0n) is 15.6. The molecule has 28 heavy (non-hydrogen) atoms. The lowest BCUT2D eigenvalue weighted by Crippen LogP contribution is -2.43. The fourth-order valence-corrected chi connectivity index (χ4v) is 2.37. The van der Waals surface area contributed by atoms with Gasteiger partial charge in [-0.25, -0.2) is 19.0 Å². The molecule has 0 atom stereocenters. The third-order valence-electron chi connectivity index (χ3n) is 3.74. The lowest BCUT2D eigenvalue weighted by molar-refractivity contribution is 0.0596. The molecule has 148 valence electrons. The molecular formula is C18H20FN5O4. The van der Waals surface area contributed by atoms with Gasteiger partial charge in [0.1, 0.15) is 11.4 Å². The molecule has 2 amide bonds. The van der Waals surface area contributed by atoms with Crippen LogP contribution in [0.15, 0.2) is 40.2 Å². The number of carbonyl (C=O) groups is 2. The molecule has 0 unspecified atom stereocenters. The number of aromatic nitrogens is 1. The maximum absolute atomic E-state index is 15.1. The highest BCUT2D eigenvalue weighted by molar-refractivity contribution is 6.00. The van der Waals surface area contributed by atoms with Crippen LogP contribution in [0.25, 0.3) is 11.1 Å². The third-order valence-corrected chi connectivity index (χ3v) is 3.74. The minimum atomic E-state index is -0.979. The average molecular weight is 389 g/mol. The quantitative estimate of drug-likeness (QED) is 0.412. The van der Waals surface area contributed by atoms with Crippen molar-refractivity contribution in [2.45, 2.75) is 6.92 Å². The molecule has 0 saturated carbocycles. The number of benzene rings is 1. The van der Waals surface area contributed by atoms with E-state index in [0.717, 1.165) is 7.11 Å². The van der Waals surface area contributed by atoms with Gasteiger partial charge in [0.05, 0.1) is 12.8 Å². The SMILES string of the molecule is CCNC(=O)NC(N)=Nc1ccc(-c2ccn(C)c(=O)c2)c(F)c1C(=O)OC. The molecule has 0 spiro atoms. The summed E-state index contributed by atoms with van der Waals surface area (Å²) in [6, 6.07) is 4.88. The number of carbonyl (C=O) groups excluding carboxylic acids is 2. The van der Waals surface area contributed by atoms with E-state index in [1.807, 2.05) is 0 Å². The number of urea groups is 1. The summed E-state index contributed by atoms with van der Waals surface area (Å²) < 4.78 is 21.1. The number of hydrogen-bond acceptors (Lipinski definition) is 5. The van der Waals surface area contributed by atoms with Crippen LogP contribution in [0.1, 0.15) is 17.3 Å². The molecule has 0 aliphatic rings. The Morgan fingerprint density at radius 1 is 1.32 bits per heavy atom. The van der Waals surface area contributed by atoms with E-state index in [1.165, 1.54) is 35.0 Å². The number of pyridine rings is 1. The molecular weight excluding hydrogens is 369 g/mol. The van der Waals surface area contributed by atoms with Crippen molar-refractivity contribution in [3.63, 3.8) is 0 Å². The van der Waals surface area contributed by atoms with Gasteiger partial charge < -0.3 is 20.4 Å². The summed E-state index contributed by atoms with van der Waals surface area (Å²) >= 11 is 0. The summed E-state index contributed by atoms with van der Waals surface area (Å²) in [5, 5.41) is 4.71. The first kappa shape index (κ1) is 20.6. The number of guanidine groups is 1. The van der Waals surface area contributed by atoms with Crippen molar-refractivity contribution in [2.24, 2.45) is 17.8 Å². The number of nitrogens with zero attached hydrogens (tertiary/aromatic N) is 2. The molecule has 2 aromatic rings. The molecule has 1 aromatic carbocycles. The summed E-state index contributed by atoms with van der Waals surface area (Å²) in [5.41, 5.74) is 5.01. The number of rotatable bonds is 4. The molecule has 9 nitrogen and oxygen atoms in total. The summed E-state index contributed by atoms with van der Waals surface area (Å²) in [6.07, 6.45) is 1.48. The van der Waals surface area contributed by atoms with Crippen molar-refractivity contribution in [1.29, 1.82) is 0 Å². The molecule has 0 saturated heterocycles. The second-order valence-electron chi connectivity index (χ2n) is 5.66. The normalized spacial score (nSPS) is 11.1. The highest BCUT2D eigenvalue weighted by Crippen LogP contribution is 2.31. The van der Waals surface area contributed by atoms with E-state index in [1.54, 1.807) is 14.0 Å². The van der Waals surface area contributed by atoms with Gasteiger partial charge in [0, 0.05) is 31.4 Å². The van der Waals surface area contributed by atoms with Crippen molar-refractivity contribution in [3.05, 3.63) is 52.2 Å². The topological polar surface area (TPSA) is 128 Å². The van der Waals surface area contributed by atoms with Crippen molar-refractivity contribution in [2.75, 3.05) is 13.7 Å². The minimum Gasteiger partial charge on any atom is -0.465 e. The molecule has 2 rings (SSSR count). The lowest BCUT2D eigenvalue weighted by Gasteiger charge is -2.11. The molecule has 4 N–H and O–H groups in total. The lowest BCUT2D eigenvalue weighted by atomic mass is 10.0. The van der Waals surface area contributed by atoms with Gasteiger partial charge >= 0.3 is 12.0 Å². The Kier molecular flexibility index (Phi) is 6.48. The van der Waals surface area contributed by atoms with Crippen LogP contribution < -0.4 is 21.9 Å². The largest absolute Gasteiger partial charge is 0.465 e. The van der Waals surface area contributed by atoms with E-state index in [2.05, 4.69) is 20.4 Å². The monoisotopic (exact) mass is 389 g/mol. The first-order valence-corrected chi connectivity index (χ1v) is 8.25. The van der Waals surface area contributed by atoms with E-state index in [9.17, 15) is 14.4 Å². The second-order valence-corrected chi connectivity index (χ2v) is 5.66. The Morgan fingerprint density at radius 2 is 2.04 bits per heavy atom. The molecule has 0 fully saturated rings. The number of esters is 1. The van der Waals surface area contributed by atoms with Crippen LogP contribution in [0.4, 0.5) is 14.9 Å². The minimum absolute atomic E-state index is 0.0207. The fraction of sp³-hybridized carbons (Fsp3) is 0.222. The maximum atomic E-state index is 15.1. The highest BCUT2D eigenvalue weighted by atomic mass is 19.1. The van der Waals surface area contributed by atoms with Crippen molar-refractivity contribution in [1.82, 2.24) is 15.2 Å². The summed E-state index contributed by atoms with van der Waals surface area (Å²) in [5.74, 6) is -2.24. The fourth-order valence-electron chi connectivity index (χ4n) is 2.37. The Morgan fingerprint density at radius 3 is 2.64 bits per heavy atom.